The van der Waals surface area contributed by atoms with Gasteiger partial charge in [-0.3, -0.25) is 4.90 Å². The lowest BCUT2D eigenvalue weighted by Gasteiger charge is -2.39. The van der Waals surface area contributed by atoms with Gasteiger partial charge in [-0.05, 0) is 61.9 Å². The molecule has 1 saturated heterocycles. The monoisotopic (exact) mass is 275 g/mol. The van der Waals surface area contributed by atoms with Gasteiger partial charge in [0.1, 0.15) is 5.75 Å². The van der Waals surface area contributed by atoms with Crippen LogP contribution in [0.4, 0.5) is 0 Å². The summed E-state index contributed by atoms with van der Waals surface area (Å²) in [7, 11) is 1.68. The Hall–Kier alpha value is -1.06. The van der Waals surface area contributed by atoms with Gasteiger partial charge in [-0.25, -0.2) is 0 Å². The molecule has 3 nitrogen and oxygen atoms in total. The highest BCUT2D eigenvalue weighted by molar-refractivity contribution is 5.39. The first-order chi connectivity index (χ1) is 9.74. The third kappa shape index (κ3) is 2.33. The highest BCUT2D eigenvalue weighted by Gasteiger charge is 2.37. The minimum absolute atomic E-state index is 0.280. The van der Waals surface area contributed by atoms with Crippen LogP contribution in [0.2, 0.25) is 0 Å². The smallest absolute Gasteiger partial charge is 0.119 e. The Morgan fingerprint density at radius 3 is 2.95 bits per heavy atom. The summed E-state index contributed by atoms with van der Waals surface area (Å²) >= 11 is 0. The van der Waals surface area contributed by atoms with Crippen molar-refractivity contribution in [2.75, 3.05) is 13.7 Å². The van der Waals surface area contributed by atoms with E-state index in [1.807, 2.05) is 12.1 Å². The summed E-state index contributed by atoms with van der Waals surface area (Å²) in [6.45, 7) is 3.40. The van der Waals surface area contributed by atoms with E-state index in [9.17, 15) is 5.11 Å². The molecule has 3 heteroatoms. The first-order valence-electron chi connectivity index (χ1n) is 7.85. The molecule has 1 N–H and O–H groups in total. The van der Waals surface area contributed by atoms with Gasteiger partial charge in [-0.1, -0.05) is 13.0 Å². The number of likely N-dealkylation sites (tertiary alicyclic amines) is 1. The molecule has 1 fully saturated rings. The number of aryl methyl sites for hydroxylation is 1. The Kier molecular flexibility index (Phi) is 3.99. The molecule has 0 bridgehead atoms. The Balaban J connectivity index is 1.86. The lowest BCUT2D eigenvalue weighted by Crippen LogP contribution is -2.44. The van der Waals surface area contributed by atoms with Crippen LogP contribution in [0.1, 0.15) is 49.8 Å². The standard InChI is InChI=1S/C17H25NO2/c1-3-13-5-4-10-18(13)16-9-7-12-6-8-14(20-2)11-15(12)17(16)19/h6,8,11,13,16-17,19H,3-5,7,9-10H2,1-2H3. The van der Waals surface area contributed by atoms with Gasteiger partial charge in [0, 0.05) is 12.1 Å². The highest BCUT2D eigenvalue weighted by atomic mass is 16.5. The summed E-state index contributed by atoms with van der Waals surface area (Å²) in [6, 6.07) is 7.05. The van der Waals surface area contributed by atoms with E-state index < -0.39 is 0 Å². The van der Waals surface area contributed by atoms with Crippen molar-refractivity contribution in [1.82, 2.24) is 4.90 Å². The van der Waals surface area contributed by atoms with Crippen molar-refractivity contribution in [2.45, 2.75) is 57.2 Å². The maximum Gasteiger partial charge on any atom is 0.119 e. The molecule has 3 unspecified atom stereocenters. The first kappa shape index (κ1) is 13.9. The van der Waals surface area contributed by atoms with Crippen LogP contribution in [0, 0.1) is 0 Å². The van der Waals surface area contributed by atoms with Gasteiger partial charge in [-0.15, -0.1) is 0 Å². The minimum atomic E-state index is -0.374. The Labute approximate surface area is 121 Å². The summed E-state index contributed by atoms with van der Waals surface area (Å²) in [5.41, 5.74) is 2.35. The number of hydrogen-bond acceptors (Lipinski definition) is 3. The maximum absolute atomic E-state index is 10.8. The van der Waals surface area contributed by atoms with E-state index in [4.69, 9.17) is 4.74 Å². The fourth-order valence-corrected chi connectivity index (χ4v) is 3.95. The normalized spacial score (nSPS) is 30.2. The van der Waals surface area contributed by atoms with Crippen LogP contribution < -0.4 is 4.74 Å². The number of ether oxygens (including phenoxy) is 1. The molecule has 1 aromatic carbocycles. The van der Waals surface area contributed by atoms with Crippen LogP contribution in [0.15, 0.2) is 18.2 Å². The lowest BCUT2D eigenvalue weighted by atomic mass is 9.84. The molecule has 110 valence electrons. The van der Waals surface area contributed by atoms with Crippen LogP contribution in [0.25, 0.3) is 0 Å². The zero-order valence-electron chi connectivity index (χ0n) is 12.5. The number of aliphatic hydroxyl groups is 1. The van der Waals surface area contributed by atoms with E-state index in [1.165, 1.54) is 24.8 Å². The van der Waals surface area contributed by atoms with Crippen molar-refractivity contribution < 1.29 is 9.84 Å². The van der Waals surface area contributed by atoms with Gasteiger partial charge in [0.2, 0.25) is 0 Å². The Morgan fingerprint density at radius 1 is 1.35 bits per heavy atom. The summed E-state index contributed by atoms with van der Waals surface area (Å²) in [6.07, 6.45) is 5.50. The third-order valence-corrected chi connectivity index (χ3v) is 5.07. The summed E-state index contributed by atoms with van der Waals surface area (Å²) in [4.78, 5) is 2.55. The van der Waals surface area contributed by atoms with E-state index in [0.29, 0.717) is 6.04 Å². The Bertz CT molecular complexity index is 474. The van der Waals surface area contributed by atoms with Crippen LogP contribution in [0.3, 0.4) is 0 Å². The molecule has 1 aliphatic heterocycles. The van der Waals surface area contributed by atoms with Crippen molar-refractivity contribution in [1.29, 1.82) is 0 Å². The number of methoxy groups -OCH3 is 1. The van der Waals surface area contributed by atoms with Gasteiger partial charge >= 0.3 is 0 Å². The molecule has 3 rings (SSSR count). The van der Waals surface area contributed by atoms with E-state index in [-0.39, 0.29) is 12.1 Å². The quantitative estimate of drug-likeness (QED) is 0.920. The summed E-state index contributed by atoms with van der Waals surface area (Å²) < 4.78 is 5.31. The minimum Gasteiger partial charge on any atom is -0.497 e. The molecule has 0 aromatic heterocycles. The van der Waals surface area contributed by atoms with E-state index in [1.54, 1.807) is 7.11 Å². The first-order valence-corrected chi connectivity index (χ1v) is 7.85. The zero-order valence-corrected chi connectivity index (χ0v) is 12.5. The SMILES string of the molecule is CCC1CCCN1C1CCc2ccc(OC)cc2C1O. The largest absolute Gasteiger partial charge is 0.497 e. The third-order valence-electron chi connectivity index (χ3n) is 5.07. The molecule has 0 radical (unpaired) electrons. The number of rotatable bonds is 3. The topological polar surface area (TPSA) is 32.7 Å². The predicted octanol–water partition coefficient (Wildman–Crippen LogP) is 2.92. The number of hydrogen-bond donors (Lipinski definition) is 1. The zero-order chi connectivity index (χ0) is 14.1. The highest BCUT2D eigenvalue weighted by Crippen LogP contribution is 2.38. The molecule has 0 spiro atoms. The second kappa shape index (κ2) is 5.74. The molecule has 0 saturated carbocycles. The van der Waals surface area contributed by atoms with E-state index in [0.717, 1.165) is 30.7 Å². The molecular formula is C17H25NO2. The average molecular weight is 275 g/mol. The van der Waals surface area contributed by atoms with E-state index >= 15 is 0 Å². The lowest BCUT2D eigenvalue weighted by molar-refractivity contribution is 0.0280. The van der Waals surface area contributed by atoms with Crippen molar-refractivity contribution in [3.63, 3.8) is 0 Å². The molecule has 1 heterocycles. The fourth-order valence-electron chi connectivity index (χ4n) is 3.95. The molecule has 3 atom stereocenters. The maximum atomic E-state index is 10.8. The predicted molar refractivity (Wildman–Crippen MR) is 80.1 cm³/mol. The Morgan fingerprint density at radius 2 is 2.20 bits per heavy atom. The van der Waals surface area contributed by atoms with Gasteiger partial charge in [0.15, 0.2) is 0 Å². The van der Waals surface area contributed by atoms with Gasteiger partial charge in [0.05, 0.1) is 13.2 Å². The number of benzene rings is 1. The molecule has 0 amide bonds. The van der Waals surface area contributed by atoms with Crippen molar-refractivity contribution in [3.8, 4) is 5.75 Å². The van der Waals surface area contributed by atoms with Crippen molar-refractivity contribution in [2.24, 2.45) is 0 Å². The summed E-state index contributed by atoms with van der Waals surface area (Å²) in [5.74, 6) is 0.844. The second-order valence-corrected chi connectivity index (χ2v) is 6.06. The van der Waals surface area contributed by atoms with Crippen LogP contribution in [0.5, 0.6) is 5.75 Å². The van der Waals surface area contributed by atoms with Crippen molar-refractivity contribution in [3.05, 3.63) is 29.3 Å². The fraction of sp³-hybridized carbons (Fsp3) is 0.647. The molecular weight excluding hydrogens is 250 g/mol. The molecule has 20 heavy (non-hydrogen) atoms. The molecule has 1 aliphatic carbocycles. The molecule has 1 aromatic rings. The number of aliphatic hydroxyl groups excluding tert-OH is 1. The van der Waals surface area contributed by atoms with Gasteiger partial charge in [0.25, 0.3) is 0 Å². The van der Waals surface area contributed by atoms with Crippen molar-refractivity contribution >= 4 is 0 Å². The summed E-state index contributed by atoms with van der Waals surface area (Å²) in [5, 5.41) is 10.8. The second-order valence-electron chi connectivity index (χ2n) is 6.06. The number of nitrogens with zero attached hydrogens (tertiary/aromatic N) is 1. The van der Waals surface area contributed by atoms with Crippen LogP contribution in [-0.4, -0.2) is 35.7 Å². The van der Waals surface area contributed by atoms with Gasteiger partial charge in [-0.2, -0.15) is 0 Å². The van der Waals surface area contributed by atoms with E-state index in [2.05, 4.69) is 17.9 Å². The molecule has 2 aliphatic rings. The van der Waals surface area contributed by atoms with Crippen LogP contribution in [-0.2, 0) is 6.42 Å². The van der Waals surface area contributed by atoms with Crippen LogP contribution >= 0.6 is 0 Å². The van der Waals surface area contributed by atoms with Gasteiger partial charge < -0.3 is 9.84 Å². The average Bonchev–Trinajstić information content (AvgIpc) is 2.95. The number of fused-ring (bicyclic) bond motifs is 1.